The molecule has 100 valence electrons. The third-order valence-corrected chi connectivity index (χ3v) is 3.39. The Kier molecular flexibility index (Phi) is 5.54. The lowest BCUT2D eigenvalue weighted by atomic mass is 10.0. The molecule has 0 aromatic heterocycles. The first-order valence-electron chi connectivity index (χ1n) is 6.21. The van der Waals surface area contributed by atoms with E-state index in [1.165, 1.54) is 17.5 Å². The zero-order valence-corrected chi connectivity index (χ0v) is 12.5. The monoisotopic (exact) mass is 266 g/mol. The van der Waals surface area contributed by atoms with Crippen molar-refractivity contribution in [3.8, 4) is 0 Å². The normalized spacial score (nSPS) is 10.8. The van der Waals surface area contributed by atoms with Crippen LogP contribution in [0.2, 0.25) is 0 Å². The number of rotatable bonds is 4. The van der Waals surface area contributed by atoms with Gasteiger partial charge in [-0.15, -0.1) is 0 Å². The first kappa shape index (κ1) is 14.9. The van der Waals surface area contributed by atoms with E-state index in [1.807, 2.05) is 12.1 Å². The molecule has 0 aliphatic carbocycles. The van der Waals surface area contributed by atoms with E-state index in [0.717, 1.165) is 5.69 Å². The molecule has 18 heavy (non-hydrogen) atoms. The Morgan fingerprint density at radius 3 is 2.17 bits per heavy atom. The van der Waals surface area contributed by atoms with Crippen molar-refractivity contribution in [2.45, 2.75) is 38.9 Å². The lowest BCUT2D eigenvalue weighted by molar-refractivity contribution is 0.243. The van der Waals surface area contributed by atoms with Gasteiger partial charge in [0.25, 0.3) is 0 Å². The molecule has 0 unspecified atom stereocenters. The van der Waals surface area contributed by atoms with Crippen molar-refractivity contribution >= 4 is 23.7 Å². The maximum Gasteiger partial charge on any atom is 0.331 e. The average Bonchev–Trinajstić information content (AvgIpc) is 2.28. The van der Waals surface area contributed by atoms with Crippen molar-refractivity contribution in [1.29, 1.82) is 0 Å². The highest BCUT2D eigenvalue weighted by Gasteiger charge is 2.11. The highest BCUT2D eigenvalue weighted by Crippen LogP contribution is 2.19. The van der Waals surface area contributed by atoms with Crippen molar-refractivity contribution in [2.75, 3.05) is 12.4 Å². The van der Waals surface area contributed by atoms with Gasteiger partial charge in [-0.25, -0.2) is 4.79 Å². The smallest absolute Gasteiger partial charge is 0.307 e. The molecule has 3 nitrogen and oxygen atoms in total. The summed E-state index contributed by atoms with van der Waals surface area (Å²) in [7, 11) is 1.78. The fourth-order valence-corrected chi connectivity index (χ4v) is 2.29. The largest absolute Gasteiger partial charge is 0.331 e. The third-order valence-electron chi connectivity index (χ3n) is 2.48. The molecule has 1 rings (SSSR count). The van der Waals surface area contributed by atoms with E-state index in [0.29, 0.717) is 11.2 Å². The molecule has 0 saturated carbocycles. The summed E-state index contributed by atoms with van der Waals surface area (Å²) in [5.74, 6) is 0.508. The van der Waals surface area contributed by atoms with Crippen LogP contribution in [0.15, 0.2) is 24.3 Å². The molecule has 0 fully saturated rings. The average molecular weight is 266 g/mol. The minimum atomic E-state index is -0.0917. The van der Waals surface area contributed by atoms with Crippen molar-refractivity contribution in [3.63, 3.8) is 0 Å². The molecule has 0 aliphatic rings. The standard InChI is InChI=1S/C14H22N2OS/c1-10(2)12-6-8-13(9-7-12)15-14(17)16(5)18-11(3)4/h6-11H,1-5H3,(H,15,17). The van der Waals surface area contributed by atoms with Crippen LogP contribution in [0.1, 0.15) is 39.2 Å². The van der Waals surface area contributed by atoms with Gasteiger partial charge in [0.15, 0.2) is 0 Å². The van der Waals surface area contributed by atoms with Crippen LogP contribution in [-0.4, -0.2) is 22.6 Å². The number of anilines is 1. The quantitative estimate of drug-likeness (QED) is 0.823. The van der Waals surface area contributed by atoms with Gasteiger partial charge in [-0.3, -0.25) is 4.31 Å². The predicted molar refractivity (Wildman–Crippen MR) is 80.0 cm³/mol. The topological polar surface area (TPSA) is 32.3 Å². The Morgan fingerprint density at radius 2 is 1.72 bits per heavy atom. The van der Waals surface area contributed by atoms with E-state index in [2.05, 4.69) is 45.1 Å². The minimum absolute atomic E-state index is 0.0917. The second-order valence-electron chi connectivity index (χ2n) is 4.86. The number of hydrogen-bond donors (Lipinski definition) is 1. The van der Waals surface area contributed by atoms with Gasteiger partial charge in [0.1, 0.15) is 0 Å². The molecule has 0 bridgehead atoms. The van der Waals surface area contributed by atoms with Gasteiger partial charge in [-0.1, -0.05) is 39.8 Å². The molecular formula is C14H22N2OS. The van der Waals surface area contributed by atoms with Crippen molar-refractivity contribution < 1.29 is 4.79 Å². The SMILES string of the molecule is CC(C)SN(C)C(=O)Nc1ccc(C(C)C)cc1. The van der Waals surface area contributed by atoms with Gasteiger partial charge in [0, 0.05) is 18.0 Å². The second kappa shape index (κ2) is 6.69. The van der Waals surface area contributed by atoms with Gasteiger partial charge in [-0.05, 0) is 35.6 Å². The summed E-state index contributed by atoms with van der Waals surface area (Å²) in [4.78, 5) is 11.9. The van der Waals surface area contributed by atoms with Crippen molar-refractivity contribution in [2.24, 2.45) is 0 Å². The molecule has 1 N–H and O–H groups in total. The van der Waals surface area contributed by atoms with E-state index in [1.54, 1.807) is 11.4 Å². The molecule has 1 aromatic rings. The lowest BCUT2D eigenvalue weighted by Gasteiger charge is -2.18. The second-order valence-corrected chi connectivity index (χ2v) is 6.56. The molecule has 0 aliphatic heterocycles. The highest BCUT2D eigenvalue weighted by atomic mass is 32.2. The number of benzene rings is 1. The van der Waals surface area contributed by atoms with Crippen molar-refractivity contribution in [1.82, 2.24) is 4.31 Å². The number of nitrogens with zero attached hydrogens (tertiary/aromatic N) is 1. The van der Waals surface area contributed by atoms with Crippen LogP contribution in [0, 0.1) is 0 Å². The van der Waals surface area contributed by atoms with Gasteiger partial charge < -0.3 is 5.32 Å². The van der Waals surface area contributed by atoms with Crippen LogP contribution in [0.4, 0.5) is 10.5 Å². The summed E-state index contributed by atoms with van der Waals surface area (Å²) in [5.41, 5.74) is 2.11. The fourth-order valence-electron chi connectivity index (χ4n) is 1.52. The maximum absolute atomic E-state index is 11.9. The van der Waals surface area contributed by atoms with Crippen LogP contribution in [0.3, 0.4) is 0 Å². The molecule has 0 radical (unpaired) electrons. The molecule has 0 atom stereocenters. The summed E-state index contributed by atoms with van der Waals surface area (Å²) in [6.45, 7) is 8.43. The van der Waals surface area contributed by atoms with E-state index in [-0.39, 0.29) is 6.03 Å². The van der Waals surface area contributed by atoms with Crippen LogP contribution >= 0.6 is 11.9 Å². The molecule has 4 heteroatoms. The lowest BCUT2D eigenvalue weighted by Crippen LogP contribution is -2.26. The number of carbonyl (C=O) groups is 1. The Hall–Kier alpha value is -1.16. The van der Waals surface area contributed by atoms with Gasteiger partial charge in [-0.2, -0.15) is 0 Å². The Bertz CT molecular complexity index is 387. The van der Waals surface area contributed by atoms with Crippen LogP contribution in [0.25, 0.3) is 0 Å². The molecular weight excluding hydrogens is 244 g/mol. The van der Waals surface area contributed by atoms with E-state index in [9.17, 15) is 4.79 Å². The number of urea groups is 1. The zero-order valence-electron chi connectivity index (χ0n) is 11.7. The third kappa shape index (κ3) is 4.61. The van der Waals surface area contributed by atoms with E-state index < -0.39 is 0 Å². The number of amides is 2. The summed E-state index contributed by atoms with van der Waals surface area (Å²) in [6, 6.07) is 7.90. The van der Waals surface area contributed by atoms with Gasteiger partial charge in [0.05, 0.1) is 0 Å². The first-order valence-corrected chi connectivity index (χ1v) is 7.05. The summed E-state index contributed by atoms with van der Waals surface area (Å²) < 4.78 is 1.63. The highest BCUT2D eigenvalue weighted by molar-refractivity contribution is 7.98. The molecule has 0 heterocycles. The van der Waals surface area contributed by atoms with Gasteiger partial charge in [0.2, 0.25) is 0 Å². The summed E-state index contributed by atoms with van der Waals surface area (Å²) in [6.07, 6.45) is 0. The van der Waals surface area contributed by atoms with Crippen LogP contribution < -0.4 is 5.32 Å². The van der Waals surface area contributed by atoms with Crippen molar-refractivity contribution in [3.05, 3.63) is 29.8 Å². The van der Waals surface area contributed by atoms with Crippen LogP contribution in [0.5, 0.6) is 0 Å². The Labute approximate surface area is 114 Å². The predicted octanol–water partition coefficient (Wildman–Crippen LogP) is 4.33. The maximum atomic E-state index is 11.9. The fraction of sp³-hybridized carbons (Fsp3) is 0.500. The number of nitrogens with one attached hydrogen (secondary N) is 1. The summed E-state index contributed by atoms with van der Waals surface area (Å²) in [5, 5.41) is 3.27. The Morgan fingerprint density at radius 1 is 1.17 bits per heavy atom. The summed E-state index contributed by atoms with van der Waals surface area (Å²) >= 11 is 1.51. The van der Waals surface area contributed by atoms with Gasteiger partial charge >= 0.3 is 6.03 Å². The zero-order chi connectivity index (χ0) is 13.7. The molecule has 0 spiro atoms. The van der Waals surface area contributed by atoms with Crippen LogP contribution in [-0.2, 0) is 0 Å². The molecule has 0 saturated heterocycles. The molecule has 1 aromatic carbocycles. The minimum Gasteiger partial charge on any atom is -0.307 e. The molecule has 2 amide bonds. The Balaban J connectivity index is 2.59. The van der Waals surface area contributed by atoms with E-state index >= 15 is 0 Å². The van der Waals surface area contributed by atoms with E-state index in [4.69, 9.17) is 0 Å². The first-order chi connectivity index (χ1) is 8.40. The number of hydrogen-bond acceptors (Lipinski definition) is 2. The number of carbonyl (C=O) groups excluding carboxylic acids is 1.